The van der Waals surface area contributed by atoms with Crippen LogP contribution in [0.2, 0.25) is 0 Å². The molecule has 2 N–H and O–H groups in total. The predicted octanol–water partition coefficient (Wildman–Crippen LogP) is 2.83. The van der Waals surface area contributed by atoms with E-state index in [0.29, 0.717) is 32.1 Å². The van der Waals surface area contributed by atoms with Crippen LogP contribution < -0.4 is 11.0 Å². The van der Waals surface area contributed by atoms with Gasteiger partial charge in [0.25, 0.3) is 0 Å². The molecule has 2 saturated carbocycles. The molecule has 2 amide bonds. The maximum atomic E-state index is 13.3. The summed E-state index contributed by atoms with van der Waals surface area (Å²) >= 11 is 0. The molecule has 0 atom stereocenters. The second-order valence-corrected chi connectivity index (χ2v) is 9.16. The van der Waals surface area contributed by atoms with Crippen molar-refractivity contribution in [1.82, 2.24) is 11.0 Å². The third kappa shape index (κ3) is 8.78. The standard InChI is InChI=1S/C25H38N2O8/c1-3-20(28)32-15-17-34-26-22(30)24(11-7-5-8-12-24)19-25(13-9-6-10-14-25)23(31)27-35-18-16-33-21(29)4-2/h3-4H,1-2,5-19H2,(H,26,30)(H,27,31). The summed E-state index contributed by atoms with van der Waals surface area (Å²) in [6.45, 7) is 6.65. The van der Waals surface area contributed by atoms with Crippen molar-refractivity contribution in [3.8, 4) is 0 Å². The third-order valence-corrected chi connectivity index (χ3v) is 6.78. The first-order chi connectivity index (χ1) is 16.9. The molecule has 10 nitrogen and oxygen atoms in total. The van der Waals surface area contributed by atoms with E-state index in [0.717, 1.165) is 50.7 Å². The topological polar surface area (TPSA) is 129 Å². The lowest BCUT2D eigenvalue weighted by Gasteiger charge is -2.45. The number of rotatable bonds is 14. The minimum Gasteiger partial charge on any atom is -0.460 e. The van der Waals surface area contributed by atoms with Crippen molar-refractivity contribution in [2.75, 3.05) is 26.4 Å². The molecule has 0 aromatic heterocycles. The molecular formula is C25H38N2O8. The van der Waals surface area contributed by atoms with Crippen LogP contribution >= 0.6 is 0 Å². The van der Waals surface area contributed by atoms with E-state index in [-0.39, 0.29) is 38.2 Å². The van der Waals surface area contributed by atoms with Crippen LogP contribution in [0.25, 0.3) is 0 Å². The quantitative estimate of drug-likeness (QED) is 0.163. The summed E-state index contributed by atoms with van der Waals surface area (Å²) < 4.78 is 9.71. The zero-order valence-corrected chi connectivity index (χ0v) is 20.4. The van der Waals surface area contributed by atoms with Gasteiger partial charge in [-0.2, -0.15) is 0 Å². The molecule has 35 heavy (non-hydrogen) atoms. The van der Waals surface area contributed by atoms with E-state index < -0.39 is 22.8 Å². The molecule has 0 aromatic carbocycles. The second-order valence-electron chi connectivity index (χ2n) is 9.16. The number of ether oxygens (including phenoxy) is 2. The summed E-state index contributed by atoms with van der Waals surface area (Å²) in [7, 11) is 0. The molecule has 0 saturated heterocycles. The van der Waals surface area contributed by atoms with E-state index in [2.05, 4.69) is 24.1 Å². The molecule has 2 aliphatic carbocycles. The summed E-state index contributed by atoms with van der Waals surface area (Å²) in [6.07, 6.45) is 10.9. The summed E-state index contributed by atoms with van der Waals surface area (Å²) in [6, 6.07) is 0. The Balaban J connectivity index is 2.00. The van der Waals surface area contributed by atoms with Crippen molar-refractivity contribution in [2.45, 2.75) is 70.6 Å². The Kier molecular flexibility index (Phi) is 11.9. The van der Waals surface area contributed by atoms with Gasteiger partial charge in [0.05, 0.1) is 10.8 Å². The number of hydroxylamine groups is 2. The van der Waals surface area contributed by atoms with Crippen LogP contribution in [0.4, 0.5) is 0 Å². The molecule has 0 heterocycles. The Morgan fingerprint density at radius 3 is 1.34 bits per heavy atom. The summed E-state index contributed by atoms with van der Waals surface area (Å²) in [5, 5.41) is 0. The van der Waals surface area contributed by atoms with Gasteiger partial charge >= 0.3 is 11.9 Å². The molecular weight excluding hydrogens is 456 g/mol. The lowest BCUT2D eigenvalue weighted by atomic mass is 9.59. The van der Waals surface area contributed by atoms with E-state index >= 15 is 0 Å². The van der Waals surface area contributed by atoms with Crippen LogP contribution in [0.3, 0.4) is 0 Å². The molecule has 10 heteroatoms. The predicted molar refractivity (Wildman–Crippen MR) is 126 cm³/mol. The fraction of sp³-hybridized carbons (Fsp3) is 0.680. The number of amides is 2. The summed E-state index contributed by atoms with van der Waals surface area (Å²) in [5.41, 5.74) is 3.60. The van der Waals surface area contributed by atoms with Gasteiger partial charge in [-0.15, -0.1) is 0 Å². The number of hydrogen-bond acceptors (Lipinski definition) is 8. The maximum absolute atomic E-state index is 13.3. The van der Waals surface area contributed by atoms with Gasteiger partial charge in [-0.25, -0.2) is 20.5 Å². The first-order valence-corrected chi connectivity index (χ1v) is 12.3. The molecule has 2 rings (SSSR count). The fourth-order valence-electron chi connectivity index (χ4n) is 5.01. The average Bonchev–Trinajstić information content (AvgIpc) is 2.88. The van der Waals surface area contributed by atoms with Crippen molar-refractivity contribution in [3.63, 3.8) is 0 Å². The van der Waals surface area contributed by atoms with Crippen molar-refractivity contribution < 1.29 is 38.3 Å². The fourth-order valence-corrected chi connectivity index (χ4v) is 5.01. The highest BCUT2D eigenvalue weighted by Gasteiger charge is 2.50. The maximum Gasteiger partial charge on any atom is 0.330 e. The van der Waals surface area contributed by atoms with Gasteiger partial charge in [0.2, 0.25) is 11.8 Å². The molecule has 2 fully saturated rings. The van der Waals surface area contributed by atoms with Crippen molar-refractivity contribution in [1.29, 1.82) is 0 Å². The van der Waals surface area contributed by atoms with Gasteiger partial charge in [-0.3, -0.25) is 19.3 Å². The van der Waals surface area contributed by atoms with Gasteiger partial charge < -0.3 is 9.47 Å². The molecule has 0 unspecified atom stereocenters. The van der Waals surface area contributed by atoms with Crippen LogP contribution in [-0.4, -0.2) is 50.2 Å². The Bertz CT molecular complexity index is 693. The Labute approximate surface area is 206 Å². The highest BCUT2D eigenvalue weighted by atomic mass is 16.7. The number of hydrogen-bond donors (Lipinski definition) is 2. The van der Waals surface area contributed by atoms with Crippen molar-refractivity contribution in [2.24, 2.45) is 10.8 Å². The molecule has 196 valence electrons. The Hall–Kier alpha value is -2.72. The van der Waals surface area contributed by atoms with Crippen LogP contribution in [0.5, 0.6) is 0 Å². The molecule has 0 bridgehead atoms. The molecule has 0 aromatic rings. The number of carbonyl (C=O) groups is 4. The van der Waals surface area contributed by atoms with Gasteiger partial charge in [0.1, 0.15) is 26.4 Å². The smallest absolute Gasteiger partial charge is 0.330 e. The van der Waals surface area contributed by atoms with Gasteiger partial charge in [-0.1, -0.05) is 51.7 Å². The van der Waals surface area contributed by atoms with E-state index in [9.17, 15) is 19.2 Å². The minimum absolute atomic E-state index is 0.00999. The van der Waals surface area contributed by atoms with Gasteiger partial charge in [0, 0.05) is 12.2 Å². The minimum atomic E-state index is -0.732. The summed E-state index contributed by atoms with van der Waals surface area (Å²) in [4.78, 5) is 59.5. The first-order valence-electron chi connectivity index (χ1n) is 12.3. The number of esters is 2. The monoisotopic (exact) mass is 494 g/mol. The summed E-state index contributed by atoms with van der Waals surface area (Å²) in [5.74, 6) is -1.62. The number of nitrogens with one attached hydrogen (secondary N) is 2. The molecule has 0 radical (unpaired) electrons. The Morgan fingerprint density at radius 1 is 0.629 bits per heavy atom. The van der Waals surface area contributed by atoms with E-state index in [1.807, 2.05) is 0 Å². The van der Waals surface area contributed by atoms with E-state index in [1.165, 1.54) is 0 Å². The van der Waals surface area contributed by atoms with E-state index in [4.69, 9.17) is 19.1 Å². The largest absolute Gasteiger partial charge is 0.460 e. The lowest BCUT2D eigenvalue weighted by molar-refractivity contribution is -0.158. The van der Waals surface area contributed by atoms with Gasteiger partial charge in [-0.05, 0) is 32.1 Å². The zero-order valence-electron chi connectivity index (χ0n) is 20.4. The molecule has 0 aliphatic heterocycles. The normalized spacial score (nSPS) is 18.5. The van der Waals surface area contributed by atoms with Crippen LogP contribution in [0.15, 0.2) is 25.3 Å². The molecule has 0 spiro atoms. The molecule has 2 aliphatic rings. The van der Waals surface area contributed by atoms with Crippen molar-refractivity contribution >= 4 is 23.8 Å². The van der Waals surface area contributed by atoms with Crippen LogP contribution in [0.1, 0.15) is 70.6 Å². The lowest BCUT2D eigenvalue weighted by Crippen LogP contribution is -2.51. The third-order valence-electron chi connectivity index (χ3n) is 6.78. The zero-order chi connectivity index (χ0) is 25.6. The highest BCUT2D eigenvalue weighted by Crippen LogP contribution is 2.51. The highest BCUT2D eigenvalue weighted by molar-refractivity contribution is 5.86. The number of carbonyl (C=O) groups excluding carboxylic acids is 4. The van der Waals surface area contributed by atoms with Crippen LogP contribution in [0, 0.1) is 10.8 Å². The van der Waals surface area contributed by atoms with Gasteiger partial charge in [0.15, 0.2) is 0 Å². The van der Waals surface area contributed by atoms with Crippen molar-refractivity contribution in [3.05, 3.63) is 25.3 Å². The van der Waals surface area contributed by atoms with E-state index in [1.54, 1.807) is 0 Å². The Morgan fingerprint density at radius 2 is 1.00 bits per heavy atom. The van der Waals surface area contributed by atoms with Crippen LogP contribution in [-0.2, 0) is 38.3 Å². The first kappa shape index (κ1) is 28.5. The average molecular weight is 495 g/mol. The second kappa shape index (κ2) is 14.6. The SMILES string of the molecule is C=CC(=O)OCCONC(=O)C1(CC2(C(=O)NOCCOC(=O)C=C)CCCCC2)CCCCC1.